The van der Waals surface area contributed by atoms with Gasteiger partial charge in [-0.1, -0.05) is 0 Å². The maximum Gasteiger partial charge on any atom is 0.416 e. The molecule has 96 valence electrons. The molecule has 2 aromatic rings. The van der Waals surface area contributed by atoms with Gasteiger partial charge in [0.2, 0.25) is 0 Å². The number of hydrogen-bond acceptors (Lipinski definition) is 2. The fraction of sp³-hybridized carbons (Fsp3) is 0.250. The Kier molecular flexibility index (Phi) is 3.27. The van der Waals surface area contributed by atoms with E-state index in [4.69, 9.17) is 0 Å². The monoisotopic (exact) mass is 255 g/mol. The summed E-state index contributed by atoms with van der Waals surface area (Å²) < 4.78 is 37.1. The van der Waals surface area contributed by atoms with Gasteiger partial charge in [0.15, 0.2) is 0 Å². The molecule has 0 saturated carbocycles. The van der Waals surface area contributed by atoms with Crippen molar-refractivity contribution in [1.82, 2.24) is 10.2 Å². The van der Waals surface area contributed by atoms with E-state index in [1.807, 2.05) is 13.0 Å². The first-order valence-electron chi connectivity index (χ1n) is 5.40. The average Bonchev–Trinajstić information content (AvgIpc) is 2.82. The van der Waals surface area contributed by atoms with Crippen molar-refractivity contribution in [2.45, 2.75) is 19.1 Å². The molecule has 0 aliphatic carbocycles. The van der Waals surface area contributed by atoms with Crippen LogP contribution in [0, 0.1) is 0 Å². The van der Waals surface area contributed by atoms with Crippen LogP contribution in [0.15, 0.2) is 36.5 Å². The molecule has 0 spiro atoms. The summed E-state index contributed by atoms with van der Waals surface area (Å²) in [5, 5.41) is 9.70. The number of hydrogen-bond donors (Lipinski definition) is 2. The van der Waals surface area contributed by atoms with Crippen LogP contribution in [0.2, 0.25) is 0 Å². The number of anilines is 1. The summed E-state index contributed by atoms with van der Waals surface area (Å²) in [4.78, 5) is 0. The highest BCUT2D eigenvalue weighted by Gasteiger charge is 2.29. The predicted molar refractivity (Wildman–Crippen MR) is 62.1 cm³/mol. The minimum Gasteiger partial charge on any atom is -0.377 e. The lowest BCUT2D eigenvalue weighted by Crippen LogP contribution is -2.08. The summed E-state index contributed by atoms with van der Waals surface area (Å²) in [5.74, 6) is 0. The molecule has 1 atom stereocenters. The zero-order valence-electron chi connectivity index (χ0n) is 9.62. The Morgan fingerprint density at radius 2 is 1.83 bits per heavy atom. The largest absolute Gasteiger partial charge is 0.416 e. The first-order chi connectivity index (χ1) is 8.47. The van der Waals surface area contributed by atoms with Gasteiger partial charge in [-0.15, -0.1) is 0 Å². The molecule has 0 saturated heterocycles. The number of aromatic nitrogens is 2. The van der Waals surface area contributed by atoms with E-state index in [9.17, 15) is 13.2 Å². The van der Waals surface area contributed by atoms with Crippen LogP contribution in [0.1, 0.15) is 24.2 Å². The Labute approximate surface area is 102 Å². The van der Waals surface area contributed by atoms with Crippen molar-refractivity contribution in [1.29, 1.82) is 0 Å². The first-order valence-corrected chi connectivity index (χ1v) is 5.40. The van der Waals surface area contributed by atoms with Crippen LogP contribution in [0.25, 0.3) is 0 Å². The summed E-state index contributed by atoms with van der Waals surface area (Å²) in [6.45, 7) is 1.89. The molecule has 0 bridgehead atoms. The molecule has 3 nitrogen and oxygen atoms in total. The molecule has 0 aliphatic rings. The summed E-state index contributed by atoms with van der Waals surface area (Å²) in [6, 6.07) is 6.70. The van der Waals surface area contributed by atoms with Gasteiger partial charge in [-0.25, -0.2) is 0 Å². The van der Waals surface area contributed by atoms with Crippen LogP contribution < -0.4 is 5.32 Å². The number of H-pyrrole nitrogens is 1. The molecule has 0 fully saturated rings. The molecule has 0 radical (unpaired) electrons. The van der Waals surface area contributed by atoms with Gasteiger partial charge in [0.25, 0.3) is 0 Å². The third-order valence-corrected chi connectivity index (χ3v) is 2.58. The lowest BCUT2D eigenvalue weighted by Gasteiger charge is -2.14. The van der Waals surface area contributed by atoms with Gasteiger partial charge < -0.3 is 5.32 Å². The fourth-order valence-corrected chi connectivity index (χ4v) is 1.59. The second kappa shape index (κ2) is 4.72. The van der Waals surface area contributed by atoms with Crippen molar-refractivity contribution in [3.63, 3.8) is 0 Å². The molecule has 6 heteroatoms. The number of rotatable bonds is 3. The van der Waals surface area contributed by atoms with E-state index in [1.54, 1.807) is 6.20 Å². The molecular formula is C12H12F3N3. The Morgan fingerprint density at radius 3 is 2.33 bits per heavy atom. The number of halogens is 3. The zero-order valence-corrected chi connectivity index (χ0v) is 9.62. The Morgan fingerprint density at radius 1 is 1.17 bits per heavy atom. The van der Waals surface area contributed by atoms with E-state index < -0.39 is 11.7 Å². The van der Waals surface area contributed by atoms with E-state index in [0.29, 0.717) is 5.69 Å². The van der Waals surface area contributed by atoms with Crippen molar-refractivity contribution in [3.8, 4) is 0 Å². The number of nitrogens with one attached hydrogen (secondary N) is 2. The maximum atomic E-state index is 12.4. The second-order valence-electron chi connectivity index (χ2n) is 3.95. The molecule has 1 aromatic heterocycles. The molecular weight excluding hydrogens is 243 g/mol. The number of alkyl halides is 3. The van der Waals surface area contributed by atoms with E-state index in [1.165, 1.54) is 12.1 Å². The van der Waals surface area contributed by atoms with Crippen molar-refractivity contribution in [2.75, 3.05) is 5.32 Å². The third kappa shape index (κ3) is 2.82. The van der Waals surface area contributed by atoms with Crippen molar-refractivity contribution in [2.24, 2.45) is 0 Å². The normalized spacial score (nSPS) is 13.3. The van der Waals surface area contributed by atoms with Gasteiger partial charge in [-0.05, 0) is 37.3 Å². The van der Waals surface area contributed by atoms with Crippen molar-refractivity contribution < 1.29 is 13.2 Å². The van der Waals surface area contributed by atoms with E-state index >= 15 is 0 Å². The van der Waals surface area contributed by atoms with Crippen LogP contribution in [0.5, 0.6) is 0 Å². The number of nitrogens with zero attached hydrogens (tertiary/aromatic N) is 1. The summed E-state index contributed by atoms with van der Waals surface area (Å²) in [6.07, 6.45) is -2.67. The Balaban J connectivity index is 2.07. The molecule has 0 amide bonds. The highest BCUT2D eigenvalue weighted by Crippen LogP contribution is 2.30. The van der Waals surface area contributed by atoms with Crippen LogP contribution in [0.3, 0.4) is 0 Å². The van der Waals surface area contributed by atoms with Gasteiger partial charge in [0.05, 0.1) is 17.3 Å². The minimum absolute atomic E-state index is 0.0516. The van der Waals surface area contributed by atoms with Gasteiger partial charge in [-0.2, -0.15) is 18.3 Å². The molecule has 2 N–H and O–H groups in total. The SMILES string of the molecule is CC(Nc1ccc(C(F)(F)F)cc1)c1ccn[nH]1. The van der Waals surface area contributed by atoms with Crippen LogP contribution in [-0.4, -0.2) is 10.2 Å². The van der Waals surface area contributed by atoms with Crippen LogP contribution in [0.4, 0.5) is 18.9 Å². The van der Waals surface area contributed by atoms with E-state index in [0.717, 1.165) is 17.8 Å². The first kappa shape index (κ1) is 12.5. The van der Waals surface area contributed by atoms with Crippen molar-refractivity contribution in [3.05, 3.63) is 47.8 Å². The van der Waals surface area contributed by atoms with Gasteiger partial charge in [0.1, 0.15) is 0 Å². The van der Waals surface area contributed by atoms with E-state index in [2.05, 4.69) is 15.5 Å². The minimum atomic E-state index is -4.30. The third-order valence-electron chi connectivity index (χ3n) is 2.58. The average molecular weight is 255 g/mol. The van der Waals surface area contributed by atoms with Gasteiger partial charge in [-0.3, -0.25) is 5.10 Å². The Bertz CT molecular complexity index is 488. The van der Waals surface area contributed by atoms with E-state index in [-0.39, 0.29) is 6.04 Å². The van der Waals surface area contributed by atoms with Gasteiger partial charge in [0, 0.05) is 11.9 Å². The van der Waals surface area contributed by atoms with Gasteiger partial charge >= 0.3 is 6.18 Å². The standard InChI is InChI=1S/C12H12F3N3/c1-8(11-6-7-16-18-11)17-10-4-2-9(3-5-10)12(13,14)15/h2-8,17H,1H3,(H,16,18). The topological polar surface area (TPSA) is 40.7 Å². The fourth-order valence-electron chi connectivity index (χ4n) is 1.59. The molecule has 1 heterocycles. The maximum absolute atomic E-state index is 12.4. The predicted octanol–water partition coefficient (Wildman–Crippen LogP) is 3.60. The Hall–Kier alpha value is -1.98. The summed E-state index contributed by atoms with van der Waals surface area (Å²) in [5.41, 5.74) is 0.849. The molecule has 18 heavy (non-hydrogen) atoms. The molecule has 1 unspecified atom stereocenters. The number of benzene rings is 1. The van der Waals surface area contributed by atoms with Crippen LogP contribution >= 0.6 is 0 Å². The summed E-state index contributed by atoms with van der Waals surface area (Å²) in [7, 11) is 0. The lowest BCUT2D eigenvalue weighted by atomic mass is 10.1. The van der Waals surface area contributed by atoms with Crippen LogP contribution in [-0.2, 0) is 6.18 Å². The molecule has 2 rings (SSSR count). The van der Waals surface area contributed by atoms with Crippen molar-refractivity contribution >= 4 is 5.69 Å². The summed E-state index contributed by atoms with van der Waals surface area (Å²) >= 11 is 0. The number of aromatic amines is 1. The second-order valence-corrected chi connectivity index (χ2v) is 3.95. The molecule has 0 aliphatic heterocycles. The smallest absolute Gasteiger partial charge is 0.377 e. The molecule has 1 aromatic carbocycles. The highest BCUT2D eigenvalue weighted by atomic mass is 19.4. The quantitative estimate of drug-likeness (QED) is 0.879. The highest BCUT2D eigenvalue weighted by molar-refractivity contribution is 5.46. The zero-order chi connectivity index (χ0) is 13.2. The lowest BCUT2D eigenvalue weighted by molar-refractivity contribution is -0.137.